The molecule has 4 heteroatoms. The third kappa shape index (κ3) is 2.88. The maximum absolute atomic E-state index is 9.23. The van der Waals surface area contributed by atoms with Gasteiger partial charge in [-0.25, -0.2) is 0 Å². The molecule has 0 spiro atoms. The van der Waals surface area contributed by atoms with Gasteiger partial charge in [-0.05, 0) is 30.5 Å². The van der Waals surface area contributed by atoms with Crippen LogP contribution in [0.3, 0.4) is 0 Å². The van der Waals surface area contributed by atoms with Crippen molar-refractivity contribution in [1.82, 2.24) is 0 Å². The standard InChI is InChI=1S/C17H17ClN2O/c18-15-8-3-1-6-13(15)12-20-11-5-9-16(19-21)14-7-2-4-10-17(14)20/h1-4,6-8,10,21H,5,9,11-12H2/b19-16-. The smallest absolute Gasteiger partial charge is 0.0889 e. The van der Waals surface area contributed by atoms with E-state index in [9.17, 15) is 5.21 Å². The zero-order chi connectivity index (χ0) is 14.7. The van der Waals surface area contributed by atoms with Crippen LogP contribution in [-0.4, -0.2) is 17.5 Å². The molecule has 1 aliphatic rings. The van der Waals surface area contributed by atoms with E-state index in [0.717, 1.165) is 53.5 Å². The van der Waals surface area contributed by atoms with Crippen molar-refractivity contribution in [2.75, 3.05) is 11.4 Å². The Kier molecular flexibility index (Phi) is 4.11. The number of rotatable bonds is 2. The molecule has 3 nitrogen and oxygen atoms in total. The molecule has 108 valence electrons. The fourth-order valence-electron chi connectivity index (χ4n) is 2.79. The van der Waals surface area contributed by atoms with E-state index < -0.39 is 0 Å². The minimum Gasteiger partial charge on any atom is -0.411 e. The lowest BCUT2D eigenvalue weighted by atomic mass is 10.1. The van der Waals surface area contributed by atoms with Crippen molar-refractivity contribution in [3.05, 3.63) is 64.7 Å². The summed E-state index contributed by atoms with van der Waals surface area (Å²) in [5, 5.41) is 13.5. The largest absolute Gasteiger partial charge is 0.411 e. The Balaban J connectivity index is 1.97. The summed E-state index contributed by atoms with van der Waals surface area (Å²) in [7, 11) is 0. The Hall–Kier alpha value is -2.00. The third-order valence-corrected chi connectivity index (χ3v) is 4.21. The Morgan fingerprint density at radius 3 is 2.67 bits per heavy atom. The first-order chi connectivity index (χ1) is 10.3. The predicted octanol–water partition coefficient (Wildman–Crippen LogP) is 4.32. The van der Waals surface area contributed by atoms with Crippen LogP contribution in [0.2, 0.25) is 5.02 Å². The molecule has 0 aliphatic carbocycles. The van der Waals surface area contributed by atoms with Crippen LogP contribution >= 0.6 is 11.6 Å². The maximum atomic E-state index is 9.23. The first kappa shape index (κ1) is 14.0. The van der Waals surface area contributed by atoms with E-state index in [0.29, 0.717) is 0 Å². The van der Waals surface area contributed by atoms with Gasteiger partial charge in [-0.15, -0.1) is 0 Å². The molecule has 0 saturated heterocycles. The van der Waals surface area contributed by atoms with Crippen molar-refractivity contribution in [2.24, 2.45) is 5.16 Å². The minimum absolute atomic E-state index is 0.757. The van der Waals surface area contributed by atoms with Crippen LogP contribution in [0, 0.1) is 0 Å². The maximum Gasteiger partial charge on any atom is 0.0889 e. The number of anilines is 1. The molecule has 2 aromatic rings. The highest BCUT2D eigenvalue weighted by molar-refractivity contribution is 6.31. The number of halogens is 1. The summed E-state index contributed by atoms with van der Waals surface area (Å²) in [6, 6.07) is 16.0. The van der Waals surface area contributed by atoms with Crippen LogP contribution < -0.4 is 4.90 Å². The van der Waals surface area contributed by atoms with Crippen molar-refractivity contribution >= 4 is 23.0 Å². The lowest BCUT2D eigenvalue weighted by Gasteiger charge is -2.25. The molecular weight excluding hydrogens is 284 g/mol. The van der Waals surface area contributed by atoms with Crippen molar-refractivity contribution in [1.29, 1.82) is 0 Å². The molecule has 0 atom stereocenters. The lowest BCUT2D eigenvalue weighted by Crippen LogP contribution is -2.23. The molecule has 3 rings (SSSR count). The number of benzene rings is 2. The molecule has 0 aromatic heterocycles. The quantitative estimate of drug-likeness (QED) is 0.662. The van der Waals surface area contributed by atoms with Gasteiger partial charge < -0.3 is 10.1 Å². The van der Waals surface area contributed by atoms with E-state index in [1.54, 1.807) is 0 Å². The summed E-state index contributed by atoms with van der Waals surface area (Å²) in [4.78, 5) is 2.30. The van der Waals surface area contributed by atoms with Crippen LogP contribution in [0.1, 0.15) is 24.0 Å². The highest BCUT2D eigenvalue weighted by Gasteiger charge is 2.20. The fourth-order valence-corrected chi connectivity index (χ4v) is 2.98. The highest BCUT2D eigenvalue weighted by atomic mass is 35.5. The summed E-state index contributed by atoms with van der Waals surface area (Å²) in [5.41, 5.74) is 3.97. The second-order valence-electron chi connectivity index (χ2n) is 5.18. The van der Waals surface area contributed by atoms with Gasteiger partial charge in [0.1, 0.15) is 0 Å². The van der Waals surface area contributed by atoms with E-state index >= 15 is 0 Å². The summed E-state index contributed by atoms with van der Waals surface area (Å²) >= 11 is 6.28. The number of para-hydroxylation sites is 1. The highest BCUT2D eigenvalue weighted by Crippen LogP contribution is 2.29. The van der Waals surface area contributed by atoms with Crippen LogP contribution in [0.4, 0.5) is 5.69 Å². The van der Waals surface area contributed by atoms with Gasteiger partial charge in [0.15, 0.2) is 0 Å². The molecule has 0 saturated carbocycles. The average molecular weight is 301 g/mol. The number of hydrogen-bond acceptors (Lipinski definition) is 3. The molecule has 2 aromatic carbocycles. The second kappa shape index (κ2) is 6.19. The zero-order valence-electron chi connectivity index (χ0n) is 11.7. The molecule has 0 radical (unpaired) electrons. The van der Waals surface area contributed by atoms with Crippen molar-refractivity contribution < 1.29 is 5.21 Å². The van der Waals surface area contributed by atoms with Gasteiger partial charge in [0.25, 0.3) is 0 Å². The molecule has 0 amide bonds. The van der Waals surface area contributed by atoms with Crippen molar-refractivity contribution in [3.8, 4) is 0 Å². The number of hydrogen-bond donors (Lipinski definition) is 1. The van der Waals surface area contributed by atoms with Crippen LogP contribution in [0.15, 0.2) is 53.7 Å². The van der Waals surface area contributed by atoms with Crippen molar-refractivity contribution in [2.45, 2.75) is 19.4 Å². The third-order valence-electron chi connectivity index (χ3n) is 3.84. The molecule has 1 heterocycles. The Labute approximate surface area is 129 Å². The van der Waals surface area contributed by atoms with E-state index in [4.69, 9.17) is 11.6 Å². The van der Waals surface area contributed by atoms with Gasteiger partial charge in [0, 0.05) is 29.4 Å². The Bertz CT molecular complexity index is 669. The first-order valence-corrected chi connectivity index (χ1v) is 7.46. The Morgan fingerprint density at radius 2 is 1.86 bits per heavy atom. The summed E-state index contributed by atoms with van der Waals surface area (Å²) in [6.45, 7) is 1.68. The molecule has 21 heavy (non-hydrogen) atoms. The van der Waals surface area contributed by atoms with Gasteiger partial charge in [-0.3, -0.25) is 0 Å². The SMILES string of the molecule is O/N=C1/CCCN(Cc2ccccc2Cl)c2ccccc21. The molecule has 1 N–H and O–H groups in total. The first-order valence-electron chi connectivity index (χ1n) is 7.08. The topological polar surface area (TPSA) is 35.8 Å². The Morgan fingerprint density at radius 1 is 1.10 bits per heavy atom. The molecular formula is C17H17ClN2O. The zero-order valence-corrected chi connectivity index (χ0v) is 12.4. The summed E-state index contributed by atoms with van der Waals surface area (Å²) in [6.07, 6.45) is 1.74. The van der Waals surface area contributed by atoms with Crippen LogP contribution in [0.25, 0.3) is 0 Å². The second-order valence-corrected chi connectivity index (χ2v) is 5.59. The van der Waals surface area contributed by atoms with E-state index in [-0.39, 0.29) is 0 Å². The normalized spacial score (nSPS) is 16.6. The van der Waals surface area contributed by atoms with Gasteiger partial charge in [-0.1, -0.05) is 53.2 Å². The monoisotopic (exact) mass is 300 g/mol. The molecule has 0 unspecified atom stereocenters. The van der Waals surface area contributed by atoms with Crippen molar-refractivity contribution in [3.63, 3.8) is 0 Å². The average Bonchev–Trinajstić information content (AvgIpc) is 2.69. The molecule has 1 aliphatic heterocycles. The van der Waals surface area contributed by atoms with Gasteiger partial charge in [-0.2, -0.15) is 0 Å². The van der Waals surface area contributed by atoms with E-state index in [1.807, 2.05) is 36.4 Å². The molecule has 0 fully saturated rings. The van der Waals surface area contributed by atoms with Gasteiger partial charge >= 0.3 is 0 Å². The fraction of sp³-hybridized carbons (Fsp3) is 0.235. The minimum atomic E-state index is 0.757. The van der Waals surface area contributed by atoms with Gasteiger partial charge in [0.2, 0.25) is 0 Å². The number of fused-ring (bicyclic) bond motifs is 1. The van der Waals surface area contributed by atoms with E-state index in [2.05, 4.69) is 22.2 Å². The number of nitrogens with zero attached hydrogens (tertiary/aromatic N) is 2. The number of oxime groups is 1. The predicted molar refractivity (Wildman–Crippen MR) is 86.5 cm³/mol. The van der Waals surface area contributed by atoms with Crippen LogP contribution in [0.5, 0.6) is 0 Å². The lowest BCUT2D eigenvalue weighted by molar-refractivity contribution is 0.318. The van der Waals surface area contributed by atoms with Crippen LogP contribution in [-0.2, 0) is 6.54 Å². The van der Waals surface area contributed by atoms with Gasteiger partial charge in [0.05, 0.1) is 5.71 Å². The molecule has 0 bridgehead atoms. The summed E-state index contributed by atoms with van der Waals surface area (Å²) in [5.74, 6) is 0. The summed E-state index contributed by atoms with van der Waals surface area (Å²) < 4.78 is 0. The van der Waals surface area contributed by atoms with E-state index in [1.165, 1.54) is 0 Å².